The largest absolute Gasteiger partial charge is 0.376 e. The molecule has 1 aromatic rings. The van der Waals surface area contributed by atoms with Gasteiger partial charge in [-0.3, -0.25) is 0 Å². The van der Waals surface area contributed by atoms with E-state index in [1.54, 1.807) is 6.07 Å². The molecule has 110 valence electrons. The standard InChI is InChI=1S/C14H20ClN3O2/c1-2-19-8-13-17-11(15)7-12(18-13)16-10-5-6-20-14(10)9-3-4-9/h7,9-10,14H,2-6,8H2,1H3,(H,16,17,18). The van der Waals surface area contributed by atoms with E-state index in [1.807, 2.05) is 6.92 Å². The Morgan fingerprint density at radius 3 is 3.00 bits per heavy atom. The number of anilines is 1. The van der Waals surface area contributed by atoms with Crippen molar-refractivity contribution in [2.24, 2.45) is 5.92 Å². The van der Waals surface area contributed by atoms with Gasteiger partial charge in [0.1, 0.15) is 17.6 Å². The number of rotatable bonds is 6. The Morgan fingerprint density at radius 1 is 1.40 bits per heavy atom. The zero-order chi connectivity index (χ0) is 13.9. The lowest BCUT2D eigenvalue weighted by Crippen LogP contribution is -2.31. The van der Waals surface area contributed by atoms with Gasteiger partial charge in [0.25, 0.3) is 0 Å². The molecule has 5 nitrogen and oxygen atoms in total. The van der Waals surface area contributed by atoms with Crippen molar-refractivity contribution in [1.29, 1.82) is 0 Å². The molecule has 2 atom stereocenters. The van der Waals surface area contributed by atoms with E-state index in [1.165, 1.54) is 12.8 Å². The molecule has 1 saturated carbocycles. The Labute approximate surface area is 124 Å². The minimum Gasteiger partial charge on any atom is -0.376 e. The smallest absolute Gasteiger partial charge is 0.158 e. The van der Waals surface area contributed by atoms with Crippen LogP contribution in [0.5, 0.6) is 0 Å². The molecule has 1 aliphatic heterocycles. The van der Waals surface area contributed by atoms with E-state index in [0.29, 0.717) is 36.3 Å². The van der Waals surface area contributed by atoms with Gasteiger partial charge >= 0.3 is 0 Å². The van der Waals surface area contributed by atoms with Crippen molar-refractivity contribution < 1.29 is 9.47 Å². The minimum absolute atomic E-state index is 0.319. The average Bonchev–Trinajstić information content (AvgIpc) is 3.17. The van der Waals surface area contributed by atoms with Crippen LogP contribution in [0.2, 0.25) is 5.15 Å². The van der Waals surface area contributed by atoms with E-state index >= 15 is 0 Å². The first-order chi connectivity index (χ1) is 9.76. The second kappa shape index (κ2) is 6.24. The third kappa shape index (κ3) is 3.40. The highest BCUT2D eigenvalue weighted by Crippen LogP contribution is 2.39. The van der Waals surface area contributed by atoms with Gasteiger partial charge in [-0.25, -0.2) is 9.97 Å². The number of hydrogen-bond acceptors (Lipinski definition) is 5. The van der Waals surface area contributed by atoms with Crippen LogP contribution in [-0.4, -0.2) is 35.3 Å². The second-order valence-electron chi connectivity index (χ2n) is 5.34. The van der Waals surface area contributed by atoms with Crippen LogP contribution in [0.25, 0.3) is 0 Å². The molecule has 0 amide bonds. The molecule has 1 saturated heterocycles. The molecule has 1 aliphatic carbocycles. The van der Waals surface area contributed by atoms with E-state index in [9.17, 15) is 0 Å². The number of nitrogens with one attached hydrogen (secondary N) is 1. The van der Waals surface area contributed by atoms with Gasteiger partial charge in [-0.1, -0.05) is 11.6 Å². The third-order valence-electron chi connectivity index (χ3n) is 3.73. The molecule has 2 fully saturated rings. The Hall–Kier alpha value is -0.910. The fourth-order valence-corrected chi connectivity index (χ4v) is 2.84. The second-order valence-corrected chi connectivity index (χ2v) is 5.73. The van der Waals surface area contributed by atoms with E-state index in [2.05, 4.69) is 15.3 Å². The Bertz CT molecular complexity index is 468. The highest BCUT2D eigenvalue weighted by atomic mass is 35.5. The maximum absolute atomic E-state index is 6.05. The Balaban J connectivity index is 1.68. The van der Waals surface area contributed by atoms with Crippen LogP contribution in [0.3, 0.4) is 0 Å². The number of nitrogens with zero attached hydrogens (tertiary/aromatic N) is 2. The van der Waals surface area contributed by atoms with Crippen LogP contribution < -0.4 is 5.32 Å². The summed E-state index contributed by atoms with van der Waals surface area (Å²) < 4.78 is 11.2. The van der Waals surface area contributed by atoms with Crippen molar-refractivity contribution in [2.75, 3.05) is 18.5 Å². The summed E-state index contributed by atoms with van der Waals surface area (Å²) in [4.78, 5) is 8.63. The third-order valence-corrected chi connectivity index (χ3v) is 3.93. The fraction of sp³-hybridized carbons (Fsp3) is 0.714. The van der Waals surface area contributed by atoms with Crippen LogP contribution >= 0.6 is 11.6 Å². The van der Waals surface area contributed by atoms with E-state index in [0.717, 1.165) is 24.8 Å². The first kappa shape index (κ1) is 14.0. The maximum atomic E-state index is 6.05. The summed E-state index contributed by atoms with van der Waals surface area (Å²) in [5.74, 6) is 2.10. The van der Waals surface area contributed by atoms with Crippen LogP contribution in [0.4, 0.5) is 5.82 Å². The van der Waals surface area contributed by atoms with Gasteiger partial charge in [-0.05, 0) is 32.1 Å². The molecular weight excluding hydrogens is 278 g/mol. The summed E-state index contributed by atoms with van der Waals surface area (Å²) in [5, 5.41) is 3.90. The van der Waals surface area contributed by atoms with Crippen LogP contribution in [0.15, 0.2) is 6.07 Å². The molecule has 2 unspecified atom stereocenters. The number of hydrogen-bond donors (Lipinski definition) is 1. The molecule has 20 heavy (non-hydrogen) atoms. The predicted molar refractivity (Wildman–Crippen MR) is 76.9 cm³/mol. The van der Waals surface area contributed by atoms with Gasteiger partial charge < -0.3 is 14.8 Å². The number of aromatic nitrogens is 2. The quantitative estimate of drug-likeness (QED) is 0.818. The molecule has 2 aliphatic rings. The SMILES string of the molecule is CCOCc1nc(Cl)cc(NC2CCOC2C2CC2)n1. The van der Waals surface area contributed by atoms with Gasteiger partial charge in [0.05, 0.1) is 12.1 Å². The molecule has 1 aromatic heterocycles. The number of ether oxygens (including phenoxy) is 2. The van der Waals surface area contributed by atoms with Gasteiger partial charge in [0.2, 0.25) is 0 Å². The fourth-order valence-electron chi connectivity index (χ4n) is 2.64. The molecule has 2 heterocycles. The summed E-state index contributed by atoms with van der Waals surface area (Å²) >= 11 is 6.05. The van der Waals surface area contributed by atoms with E-state index < -0.39 is 0 Å². The molecule has 0 aromatic carbocycles. The summed E-state index contributed by atoms with van der Waals surface area (Å²) in [7, 11) is 0. The molecule has 3 rings (SSSR count). The van der Waals surface area contributed by atoms with E-state index in [-0.39, 0.29) is 0 Å². The maximum Gasteiger partial charge on any atom is 0.158 e. The zero-order valence-corrected chi connectivity index (χ0v) is 12.4. The van der Waals surface area contributed by atoms with Gasteiger partial charge in [0.15, 0.2) is 5.82 Å². The molecule has 0 spiro atoms. The molecular formula is C14H20ClN3O2. The first-order valence-corrected chi connectivity index (χ1v) is 7.63. The summed E-state index contributed by atoms with van der Waals surface area (Å²) in [5.41, 5.74) is 0. The van der Waals surface area contributed by atoms with Crippen molar-refractivity contribution in [3.05, 3.63) is 17.0 Å². The van der Waals surface area contributed by atoms with Gasteiger partial charge in [0, 0.05) is 19.3 Å². The molecule has 0 radical (unpaired) electrons. The van der Waals surface area contributed by atoms with Crippen molar-refractivity contribution in [3.8, 4) is 0 Å². The van der Waals surface area contributed by atoms with Gasteiger partial charge in [-0.15, -0.1) is 0 Å². The van der Waals surface area contributed by atoms with Crippen LogP contribution in [0, 0.1) is 5.92 Å². The summed E-state index contributed by atoms with van der Waals surface area (Å²) in [6.45, 7) is 3.79. The predicted octanol–water partition coefficient (Wildman–Crippen LogP) is 2.65. The van der Waals surface area contributed by atoms with Crippen molar-refractivity contribution in [2.45, 2.75) is 44.9 Å². The highest BCUT2D eigenvalue weighted by molar-refractivity contribution is 6.29. The lowest BCUT2D eigenvalue weighted by atomic mass is 10.1. The summed E-state index contributed by atoms with van der Waals surface area (Å²) in [6, 6.07) is 2.09. The summed E-state index contributed by atoms with van der Waals surface area (Å²) in [6.07, 6.45) is 3.90. The molecule has 1 N–H and O–H groups in total. The normalized spacial score (nSPS) is 25.9. The molecule has 0 bridgehead atoms. The van der Waals surface area contributed by atoms with Crippen LogP contribution in [0.1, 0.15) is 32.0 Å². The lowest BCUT2D eigenvalue weighted by Gasteiger charge is -2.20. The van der Waals surface area contributed by atoms with Crippen LogP contribution in [-0.2, 0) is 16.1 Å². The lowest BCUT2D eigenvalue weighted by molar-refractivity contribution is 0.0898. The Morgan fingerprint density at radius 2 is 2.25 bits per heavy atom. The van der Waals surface area contributed by atoms with Gasteiger partial charge in [-0.2, -0.15) is 0 Å². The minimum atomic E-state index is 0.319. The topological polar surface area (TPSA) is 56.3 Å². The highest BCUT2D eigenvalue weighted by Gasteiger charge is 2.40. The van der Waals surface area contributed by atoms with E-state index in [4.69, 9.17) is 21.1 Å². The first-order valence-electron chi connectivity index (χ1n) is 7.25. The zero-order valence-electron chi connectivity index (χ0n) is 11.6. The van der Waals surface area contributed by atoms with Crippen molar-refractivity contribution in [1.82, 2.24) is 9.97 Å². The van der Waals surface area contributed by atoms with Crippen molar-refractivity contribution >= 4 is 17.4 Å². The Kier molecular flexibility index (Phi) is 4.38. The van der Waals surface area contributed by atoms with Crippen molar-refractivity contribution in [3.63, 3.8) is 0 Å². The monoisotopic (exact) mass is 297 g/mol. The number of halogens is 1. The molecule has 6 heteroatoms. The average molecular weight is 298 g/mol.